The Balaban J connectivity index is 2.48. The molecule has 0 aliphatic rings. The Bertz CT molecular complexity index is 659. The largest absolute Gasteiger partial charge is 0.496 e. The summed E-state index contributed by atoms with van der Waals surface area (Å²) < 4.78 is 7.71. The summed E-state index contributed by atoms with van der Waals surface area (Å²) in [6, 6.07) is 5.09. The van der Waals surface area contributed by atoms with E-state index in [1.807, 2.05) is 12.1 Å². The molecular formula is C13H15BrN4O3. The molecule has 2 aromatic rings. The average Bonchev–Trinajstić information content (AvgIpc) is 2.94. The number of halogens is 1. The number of hydrogen-bond donors (Lipinski definition) is 1. The van der Waals surface area contributed by atoms with Gasteiger partial charge in [0.05, 0.1) is 24.6 Å². The summed E-state index contributed by atoms with van der Waals surface area (Å²) in [5.74, 6) is -0.434. The van der Waals surface area contributed by atoms with Crippen molar-refractivity contribution in [3.05, 3.63) is 22.7 Å². The van der Waals surface area contributed by atoms with Crippen molar-refractivity contribution in [1.82, 2.24) is 20.2 Å². The summed E-state index contributed by atoms with van der Waals surface area (Å²) in [4.78, 5) is 11.1. The lowest BCUT2D eigenvalue weighted by Gasteiger charge is -2.18. The third-order valence-corrected chi connectivity index (χ3v) is 3.89. The van der Waals surface area contributed by atoms with E-state index in [0.717, 1.165) is 4.47 Å². The van der Waals surface area contributed by atoms with Crippen LogP contribution in [0.1, 0.15) is 19.9 Å². The molecule has 0 aliphatic heterocycles. The van der Waals surface area contributed by atoms with Gasteiger partial charge in [-0.05, 0) is 42.5 Å². The van der Waals surface area contributed by atoms with E-state index in [1.165, 1.54) is 4.68 Å². The fourth-order valence-corrected chi connectivity index (χ4v) is 2.25. The monoisotopic (exact) mass is 354 g/mol. The van der Waals surface area contributed by atoms with Gasteiger partial charge in [-0.15, -0.1) is 5.10 Å². The SMILES string of the molecule is COc1cc(Br)ccc1-c1nnnn1C(C)C(C)C(=O)O. The first-order valence-corrected chi connectivity index (χ1v) is 7.09. The minimum absolute atomic E-state index is 0.388. The molecule has 0 amide bonds. The molecule has 1 heterocycles. The van der Waals surface area contributed by atoms with E-state index in [2.05, 4.69) is 31.5 Å². The van der Waals surface area contributed by atoms with E-state index in [-0.39, 0.29) is 6.04 Å². The Morgan fingerprint density at radius 2 is 2.14 bits per heavy atom. The summed E-state index contributed by atoms with van der Waals surface area (Å²) in [5, 5.41) is 20.7. The highest BCUT2D eigenvalue weighted by atomic mass is 79.9. The molecule has 0 radical (unpaired) electrons. The number of tetrazole rings is 1. The standard InChI is InChI=1S/C13H15BrN4O3/c1-7(13(19)20)8(2)18-12(15-16-17-18)10-5-4-9(14)6-11(10)21-3/h4-8H,1-3H3,(H,19,20). The lowest BCUT2D eigenvalue weighted by molar-refractivity contribution is -0.142. The molecule has 7 nitrogen and oxygen atoms in total. The van der Waals surface area contributed by atoms with E-state index in [4.69, 9.17) is 9.84 Å². The van der Waals surface area contributed by atoms with Crippen LogP contribution < -0.4 is 4.74 Å². The molecule has 0 aliphatic carbocycles. The van der Waals surface area contributed by atoms with E-state index in [0.29, 0.717) is 17.1 Å². The zero-order valence-corrected chi connectivity index (χ0v) is 13.4. The van der Waals surface area contributed by atoms with Crippen LogP contribution in [0.3, 0.4) is 0 Å². The molecule has 8 heteroatoms. The van der Waals surface area contributed by atoms with Gasteiger partial charge in [0.15, 0.2) is 5.82 Å². The second-order valence-corrected chi connectivity index (χ2v) is 5.57. The van der Waals surface area contributed by atoms with Crippen LogP contribution in [0.4, 0.5) is 0 Å². The number of ether oxygens (including phenoxy) is 1. The first kappa shape index (κ1) is 15.4. The molecule has 0 saturated heterocycles. The molecule has 0 bridgehead atoms. The van der Waals surface area contributed by atoms with Gasteiger partial charge in [-0.3, -0.25) is 4.79 Å². The predicted octanol–water partition coefficient (Wildman–Crippen LogP) is 2.39. The molecular weight excluding hydrogens is 340 g/mol. The highest BCUT2D eigenvalue weighted by Crippen LogP contribution is 2.32. The number of rotatable bonds is 5. The summed E-state index contributed by atoms with van der Waals surface area (Å²) in [6.07, 6.45) is 0. The number of benzene rings is 1. The van der Waals surface area contributed by atoms with Gasteiger partial charge in [-0.25, -0.2) is 4.68 Å². The van der Waals surface area contributed by atoms with Gasteiger partial charge < -0.3 is 9.84 Å². The van der Waals surface area contributed by atoms with Crippen molar-refractivity contribution in [2.45, 2.75) is 19.9 Å². The van der Waals surface area contributed by atoms with Crippen LogP contribution in [0.15, 0.2) is 22.7 Å². The summed E-state index contributed by atoms with van der Waals surface area (Å²) >= 11 is 3.37. The Morgan fingerprint density at radius 3 is 2.76 bits per heavy atom. The quantitative estimate of drug-likeness (QED) is 0.886. The Morgan fingerprint density at radius 1 is 1.43 bits per heavy atom. The second-order valence-electron chi connectivity index (χ2n) is 4.66. The van der Waals surface area contributed by atoms with Crippen molar-refractivity contribution in [1.29, 1.82) is 0 Å². The van der Waals surface area contributed by atoms with Crippen molar-refractivity contribution >= 4 is 21.9 Å². The van der Waals surface area contributed by atoms with Crippen LogP contribution in [0.25, 0.3) is 11.4 Å². The number of aliphatic carboxylic acids is 1. The van der Waals surface area contributed by atoms with Crippen molar-refractivity contribution in [2.75, 3.05) is 7.11 Å². The molecule has 2 unspecified atom stereocenters. The van der Waals surface area contributed by atoms with E-state index in [1.54, 1.807) is 27.0 Å². The maximum atomic E-state index is 11.1. The zero-order valence-electron chi connectivity index (χ0n) is 11.8. The summed E-state index contributed by atoms with van der Waals surface area (Å²) in [6.45, 7) is 3.39. The molecule has 0 fully saturated rings. The maximum absolute atomic E-state index is 11.1. The minimum Gasteiger partial charge on any atom is -0.496 e. The van der Waals surface area contributed by atoms with Crippen LogP contribution in [-0.4, -0.2) is 38.4 Å². The number of nitrogens with zero attached hydrogens (tertiary/aromatic N) is 4. The van der Waals surface area contributed by atoms with E-state index < -0.39 is 11.9 Å². The van der Waals surface area contributed by atoms with Gasteiger partial charge in [0.2, 0.25) is 0 Å². The lowest BCUT2D eigenvalue weighted by Crippen LogP contribution is -2.23. The smallest absolute Gasteiger partial charge is 0.308 e. The third-order valence-electron chi connectivity index (χ3n) is 3.40. The predicted molar refractivity (Wildman–Crippen MR) is 79.0 cm³/mol. The molecule has 1 N–H and O–H groups in total. The first-order valence-electron chi connectivity index (χ1n) is 6.30. The normalized spacial score (nSPS) is 13.7. The van der Waals surface area contributed by atoms with Crippen molar-refractivity contribution < 1.29 is 14.6 Å². The van der Waals surface area contributed by atoms with Crippen molar-refractivity contribution in [2.24, 2.45) is 5.92 Å². The van der Waals surface area contributed by atoms with Crippen LogP contribution >= 0.6 is 15.9 Å². The molecule has 0 saturated carbocycles. The highest BCUT2D eigenvalue weighted by Gasteiger charge is 2.26. The van der Waals surface area contributed by atoms with Crippen LogP contribution in [-0.2, 0) is 4.79 Å². The summed E-state index contributed by atoms with van der Waals surface area (Å²) in [7, 11) is 1.56. The molecule has 2 atom stereocenters. The number of hydrogen-bond acceptors (Lipinski definition) is 5. The minimum atomic E-state index is -0.897. The summed E-state index contributed by atoms with van der Waals surface area (Å²) in [5.41, 5.74) is 0.704. The van der Waals surface area contributed by atoms with Crippen molar-refractivity contribution in [3.8, 4) is 17.1 Å². The number of carboxylic acids is 1. The molecule has 1 aromatic carbocycles. The molecule has 1 aromatic heterocycles. The van der Waals surface area contributed by atoms with Gasteiger partial charge in [0.25, 0.3) is 0 Å². The number of methoxy groups -OCH3 is 1. The Hall–Kier alpha value is -1.96. The average molecular weight is 355 g/mol. The lowest BCUT2D eigenvalue weighted by atomic mass is 10.0. The van der Waals surface area contributed by atoms with Gasteiger partial charge in [0.1, 0.15) is 5.75 Å². The van der Waals surface area contributed by atoms with Gasteiger partial charge >= 0.3 is 5.97 Å². The molecule has 21 heavy (non-hydrogen) atoms. The van der Waals surface area contributed by atoms with Gasteiger partial charge in [-0.2, -0.15) is 0 Å². The third kappa shape index (κ3) is 3.05. The Kier molecular flexibility index (Phi) is 4.56. The number of carboxylic acid groups (broad SMARTS) is 1. The maximum Gasteiger partial charge on any atom is 0.308 e. The fourth-order valence-electron chi connectivity index (χ4n) is 1.91. The van der Waals surface area contributed by atoms with Gasteiger partial charge in [0, 0.05) is 4.47 Å². The molecule has 0 spiro atoms. The van der Waals surface area contributed by atoms with Crippen LogP contribution in [0.5, 0.6) is 5.75 Å². The topological polar surface area (TPSA) is 90.1 Å². The molecule has 112 valence electrons. The van der Waals surface area contributed by atoms with Crippen LogP contribution in [0, 0.1) is 5.92 Å². The Labute approximate surface area is 130 Å². The van der Waals surface area contributed by atoms with Crippen molar-refractivity contribution in [3.63, 3.8) is 0 Å². The highest BCUT2D eigenvalue weighted by molar-refractivity contribution is 9.10. The number of carbonyl (C=O) groups is 1. The van der Waals surface area contributed by atoms with Crippen LogP contribution in [0.2, 0.25) is 0 Å². The fraction of sp³-hybridized carbons (Fsp3) is 0.385. The first-order chi connectivity index (χ1) is 9.95. The zero-order chi connectivity index (χ0) is 15.6. The van der Waals surface area contributed by atoms with E-state index >= 15 is 0 Å². The van der Waals surface area contributed by atoms with E-state index in [9.17, 15) is 4.79 Å². The molecule has 2 rings (SSSR count). The number of aromatic nitrogens is 4. The van der Waals surface area contributed by atoms with Gasteiger partial charge in [-0.1, -0.05) is 15.9 Å². The second kappa shape index (κ2) is 6.21.